The van der Waals surface area contributed by atoms with Crippen LogP contribution in [0.25, 0.3) is 10.8 Å². The van der Waals surface area contributed by atoms with Crippen LogP contribution in [0, 0.1) is 17.8 Å². The molecular formula is C48H75N13O10. The zero-order chi connectivity index (χ0) is 52.6. The minimum absolute atomic E-state index is 0.0355. The summed E-state index contributed by atoms with van der Waals surface area (Å²) in [4.78, 5) is 114. The van der Waals surface area contributed by atoms with Crippen molar-refractivity contribution in [2.45, 2.75) is 141 Å². The lowest BCUT2D eigenvalue weighted by Gasteiger charge is -2.30. The van der Waals surface area contributed by atoms with Gasteiger partial charge in [0, 0.05) is 25.6 Å². The summed E-state index contributed by atoms with van der Waals surface area (Å²) < 4.78 is 5.74. The number of amides is 7. The molecule has 0 spiro atoms. The molecule has 0 heterocycles. The molecule has 7 atom stereocenters. The van der Waals surface area contributed by atoms with E-state index in [1.54, 1.807) is 27.7 Å². The number of guanidine groups is 2. The molecule has 71 heavy (non-hydrogen) atoms. The van der Waals surface area contributed by atoms with Gasteiger partial charge in [0.25, 0.3) is 5.91 Å². The van der Waals surface area contributed by atoms with E-state index in [4.69, 9.17) is 33.4 Å². The molecule has 3 rings (SSSR count). The number of nitrogens with one attached hydrogen (secondary N) is 6. The van der Waals surface area contributed by atoms with Crippen molar-refractivity contribution in [2.75, 3.05) is 19.7 Å². The van der Waals surface area contributed by atoms with Crippen molar-refractivity contribution in [3.05, 3.63) is 42.5 Å². The predicted octanol–water partition coefficient (Wildman–Crippen LogP) is -0.133. The van der Waals surface area contributed by atoms with Crippen LogP contribution in [-0.2, 0) is 38.4 Å². The molecule has 1 aliphatic rings. The second-order valence-electron chi connectivity index (χ2n) is 18.2. The van der Waals surface area contributed by atoms with Gasteiger partial charge in [0.1, 0.15) is 36.0 Å². The molecule has 7 amide bonds. The number of hydrogen-bond acceptors (Lipinski definition) is 11. The highest BCUT2D eigenvalue weighted by Gasteiger charge is 2.36. The second kappa shape index (κ2) is 29.7. The summed E-state index contributed by atoms with van der Waals surface area (Å²) in [7, 11) is 0. The van der Waals surface area contributed by atoms with Crippen molar-refractivity contribution in [3.8, 4) is 5.75 Å². The molecule has 1 fully saturated rings. The van der Waals surface area contributed by atoms with Gasteiger partial charge < -0.3 is 70.4 Å². The molecule has 0 unspecified atom stereocenters. The Balaban J connectivity index is 1.68. The standard InChI is InChI=1S/C48H75N13O10/c1-5-27(3)40(42(49)66)60-44(68)35(14-10-22-55-48(52)53)58-45(69)36(25-39(64)65)59-46(70)41(28(4)6-2)61-43(67)34(13-9-21-54-47(50)51)57-37(62)23-29-15-18-32(19-16-29)56-38(63)26-71-33-20-17-30-11-7-8-12-31(30)24-33/h7-8,11-12,17,20,24,27-29,32,34-36,40-41H,5-6,9-10,13-16,18-19,21-23,25-26H2,1-4H3,(H2,49,66)(H,56,63)(H,57,62)(H,58,69)(H,59,70)(H,60,68)(H,61,67)(H,64,65)(H4,50,51,54)(H4,52,53,55)/t27-,28-,29?,32?,34-,35-,36-,40-,41-/m0/s1. The van der Waals surface area contributed by atoms with Gasteiger partial charge in [-0.25, -0.2) is 0 Å². The van der Waals surface area contributed by atoms with E-state index in [1.165, 1.54) is 0 Å². The van der Waals surface area contributed by atoms with Crippen molar-refractivity contribution >= 4 is 70.0 Å². The summed E-state index contributed by atoms with van der Waals surface area (Å²) in [5, 5.41) is 27.9. The van der Waals surface area contributed by atoms with Crippen LogP contribution in [0.2, 0.25) is 0 Å². The summed E-state index contributed by atoms with van der Waals surface area (Å²) in [5.74, 6) is -7.11. The molecule has 392 valence electrons. The number of nitrogens with two attached hydrogens (primary N) is 5. The van der Waals surface area contributed by atoms with Crippen molar-refractivity contribution in [1.82, 2.24) is 31.9 Å². The number of aliphatic imine (C=N–C) groups is 2. The van der Waals surface area contributed by atoms with E-state index >= 15 is 0 Å². The first-order valence-electron chi connectivity index (χ1n) is 24.2. The molecule has 2 aromatic carbocycles. The first kappa shape index (κ1) is 58.1. The number of carbonyl (C=O) groups is 8. The number of primary amides is 1. The van der Waals surface area contributed by atoms with Gasteiger partial charge in [-0.1, -0.05) is 70.9 Å². The van der Waals surface area contributed by atoms with Crippen molar-refractivity contribution in [2.24, 2.45) is 56.4 Å². The van der Waals surface area contributed by atoms with Crippen LogP contribution in [0.5, 0.6) is 5.75 Å². The van der Waals surface area contributed by atoms with E-state index in [0.717, 1.165) is 10.8 Å². The van der Waals surface area contributed by atoms with Crippen LogP contribution in [-0.4, -0.2) is 120 Å². The highest BCUT2D eigenvalue weighted by molar-refractivity contribution is 5.97. The van der Waals surface area contributed by atoms with Gasteiger partial charge in [0.05, 0.1) is 6.42 Å². The highest BCUT2D eigenvalue weighted by Crippen LogP contribution is 2.27. The van der Waals surface area contributed by atoms with Crippen LogP contribution in [0.4, 0.5) is 0 Å². The number of carboxylic acids is 1. The monoisotopic (exact) mass is 994 g/mol. The van der Waals surface area contributed by atoms with Crippen molar-refractivity contribution in [3.63, 3.8) is 0 Å². The van der Waals surface area contributed by atoms with Crippen LogP contribution in [0.3, 0.4) is 0 Å². The maximum atomic E-state index is 14.1. The SMILES string of the molecule is CC[C@H](C)[C@H](NC(=O)[C@H](CCCN=C(N)N)NC(=O)[C@H](CC(=O)O)NC(=O)[C@@H](NC(=O)[C@H](CCCN=C(N)N)NC(=O)CC1CCC(NC(=O)COc2ccc3ccccc3c2)CC1)[C@@H](C)CC)C(N)=O. The van der Waals surface area contributed by atoms with Crippen LogP contribution < -0.4 is 65.3 Å². The Labute approximate surface area is 414 Å². The van der Waals surface area contributed by atoms with E-state index in [-0.39, 0.29) is 87.5 Å². The fourth-order valence-electron chi connectivity index (χ4n) is 8.10. The summed E-state index contributed by atoms with van der Waals surface area (Å²) in [5.41, 5.74) is 27.4. The van der Waals surface area contributed by atoms with Crippen LogP contribution in [0.15, 0.2) is 52.4 Å². The summed E-state index contributed by atoms with van der Waals surface area (Å²) in [6.07, 6.45) is 3.04. The molecule has 0 bridgehead atoms. The molecule has 0 aromatic heterocycles. The first-order chi connectivity index (χ1) is 33.7. The Kier molecular flexibility index (Phi) is 24.3. The summed E-state index contributed by atoms with van der Waals surface area (Å²) in [6, 6.07) is 6.74. The smallest absolute Gasteiger partial charge is 0.305 e. The summed E-state index contributed by atoms with van der Waals surface area (Å²) in [6.45, 7) is 7.00. The molecule has 0 aliphatic heterocycles. The fraction of sp³-hybridized carbons (Fsp3) is 0.583. The first-order valence-corrected chi connectivity index (χ1v) is 24.2. The van der Waals surface area contributed by atoms with Crippen molar-refractivity contribution < 1.29 is 48.2 Å². The maximum absolute atomic E-state index is 14.1. The predicted molar refractivity (Wildman–Crippen MR) is 268 cm³/mol. The Morgan fingerprint density at radius 2 is 1.17 bits per heavy atom. The number of nitrogens with zero attached hydrogens (tertiary/aromatic N) is 2. The Bertz CT molecular complexity index is 2190. The zero-order valence-corrected chi connectivity index (χ0v) is 41.2. The topological polar surface area (TPSA) is 393 Å². The number of benzene rings is 2. The molecule has 0 radical (unpaired) electrons. The number of hydrogen-bond donors (Lipinski definition) is 12. The minimum atomic E-state index is -1.74. The number of fused-ring (bicyclic) bond motifs is 1. The molecule has 1 saturated carbocycles. The third-order valence-electron chi connectivity index (χ3n) is 12.6. The molecular weight excluding hydrogens is 919 g/mol. The molecule has 0 saturated heterocycles. The van der Waals surface area contributed by atoms with Crippen molar-refractivity contribution in [1.29, 1.82) is 0 Å². The van der Waals surface area contributed by atoms with E-state index in [9.17, 15) is 43.5 Å². The molecule has 2 aromatic rings. The Hall–Kier alpha value is -7.20. The minimum Gasteiger partial charge on any atom is -0.484 e. The summed E-state index contributed by atoms with van der Waals surface area (Å²) >= 11 is 0. The largest absolute Gasteiger partial charge is 0.484 e. The maximum Gasteiger partial charge on any atom is 0.305 e. The molecule has 23 nitrogen and oxygen atoms in total. The number of carboxylic acid groups (broad SMARTS) is 1. The fourth-order valence-corrected chi connectivity index (χ4v) is 8.10. The molecule has 1 aliphatic carbocycles. The van der Waals surface area contributed by atoms with E-state index < -0.39 is 84.0 Å². The van der Waals surface area contributed by atoms with E-state index in [1.807, 2.05) is 42.5 Å². The van der Waals surface area contributed by atoms with Crippen LogP contribution in [0.1, 0.15) is 105 Å². The highest BCUT2D eigenvalue weighted by atomic mass is 16.5. The van der Waals surface area contributed by atoms with E-state index in [0.29, 0.717) is 44.3 Å². The van der Waals surface area contributed by atoms with Gasteiger partial charge >= 0.3 is 5.97 Å². The third-order valence-corrected chi connectivity index (χ3v) is 12.6. The lowest BCUT2D eigenvalue weighted by Crippen LogP contribution is -2.60. The van der Waals surface area contributed by atoms with Gasteiger partial charge in [0.15, 0.2) is 18.5 Å². The number of carbonyl (C=O) groups excluding carboxylic acids is 7. The normalized spacial score (nSPS) is 17.2. The van der Waals surface area contributed by atoms with Crippen LogP contribution >= 0.6 is 0 Å². The zero-order valence-electron chi connectivity index (χ0n) is 41.2. The van der Waals surface area contributed by atoms with Gasteiger partial charge in [-0.05, 0) is 92.0 Å². The van der Waals surface area contributed by atoms with Gasteiger partial charge in [-0.15, -0.1) is 0 Å². The average Bonchev–Trinajstić information content (AvgIpc) is 3.32. The Morgan fingerprint density at radius 1 is 0.648 bits per heavy atom. The average molecular weight is 994 g/mol. The Morgan fingerprint density at radius 3 is 1.72 bits per heavy atom. The third kappa shape index (κ3) is 20.7. The molecule has 17 N–H and O–H groups in total. The number of aliphatic carboxylic acids is 1. The quantitative estimate of drug-likeness (QED) is 0.0276. The lowest BCUT2D eigenvalue weighted by molar-refractivity contribution is -0.142. The lowest BCUT2D eigenvalue weighted by atomic mass is 9.84. The van der Waals surface area contributed by atoms with Gasteiger partial charge in [-0.2, -0.15) is 0 Å². The number of ether oxygens (including phenoxy) is 1. The van der Waals surface area contributed by atoms with E-state index in [2.05, 4.69) is 41.9 Å². The number of rotatable bonds is 30. The molecule has 23 heteroatoms. The second-order valence-corrected chi connectivity index (χ2v) is 18.2. The van der Waals surface area contributed by atoms with Gasteiger partial charge in [-0.3, -0.25) is 48.3 Å². The van der Waals surface area contributed by atoms with Gasteiger partial charge in [0.2, 0.25) is 35.4 Å².